The van der Waals surface area contributed by atoms with Gasteiger partial charge in [0.05, 0.1) is 4.90 Å². The summed E-state index contributed by atoms with van der Waals surface area (Å²) in [5, 5.41) is 4.59. The Labute approximate surface area is 103 Å². The molecule has 0 atom stereocenters. The topological polar surface area (TPSA) is 61.4 Å². The third kappa shape index (κ3) is 4.43. The molecule has 0 amide bonds. The van der Waals surface area contributed by atoms with E-state index in [1.54, 1.807) is 26.2 Å². The van der Waals surface area contributed by atoms with E-state index in [4.69, 9.17) is 0 Å². The van der Waals surface area contributed by atoms with Gasteiger partial charge in [0.25, 0.3) is 10.0 Å². The molecular weight excluding hydrogens is 238 g/mol. The van der Waals surface area contributed by atoms with Gasteiger partial charge in [0, 0.05) is 20.6 Å². The van der Waals surface area contributed by atoms with Crippen LogP contribution >= 0.6 is 0 Å². The third-order valence-electron chi connectivity index (χ3n) is 2.12. The van der Waals surface area contributed by atoms with Gasteiger partial charge in [-0.25, -0.2) is 13.4 Å². The lowest BCUT2D eigenvalue weighted by atomic mass is 10.2. The van der Waals surface area contributed by atoms with Crippen LogP contribution in [0, 0.1) is 0 Å². The summed E-state index contributed by atoms with van der Waals surface area (Å²) in [6.07, 6.45) is 0. The predicted octanol–water partition coefficient (Wildman–Crippen LogP) is 0.551. The van der Waals surface area contributed by atoms with Crippen molar-refractivity contribution in [3.05, 3.63) is 29.8 Å². The van der Waals surface area contributed by atoms with Crippen molar-refractivity contribution in [3.63, 3.8) is 0 Å². The van der Waals surface area contributed by atoms with Gasteiger partial charge in [0.2, 0.25) is 0 Å². The van der Waals surface area contributed by atoms with Gasteiger partial charge >= 0.3 is 0 Å². The van der Waals surface area contributed by atoms with E-state index in [0.29, 0.717) is 0 Å². The number of nitrogens with one attached hydrogen (secondary N) is 2. The third-order valence-corrected chi connectivity index (χ3v) is 3.61. The van der Waals surface area contributed by atoms with Gasteiger partial charge in [-0.1, -0.05) is 19.1 Å². The number of sulfonamides is 1. The summed E-state index contributed by atoms with van der Waals surface area (Å²) in [5.41, 5.74) is 1.07. The largest absolute Gasteiger partial charge is 0.313 e. The lowest BCUT2D eigenvalue weighted by molar-refractivity contribution is 0.364. The molecule has 0 saturated carbocycles. The van der Waals surface area contributed by atoms with Crippen LogP contribution in [0.4, 0.5) is 0 Å². The Kier molecular flexibility index (Phi) is 5.07. The van der Waals surface area contributed by atoms with E-state index in [0.717, 1.165) is 18.7 Å². The maximum Gasteiger partial charge on any atom is 0.253 e. The zero-order chi connectivity index (χ0) is 12.9. The summed E-state index contributed by atoms with van der Waals surface area (Å²) in [4.78, 5) is 2.66. The first-order valence-corrected chi connectivity index (χ1v) is 6.93. The molecule has 6 heteroatoms. The van der Waals surface area contributed by atoms with Crippen LogP contribution in [0.1, 0.15) is 12.5 Å². The Hall–Kier alpha value is -0.950. The fraction of sp³-hybridized carbons (Fsp3) is 0.455. The molecule has 5 nitrogen and oxygen atoms in total. The van der Waals surface area contributed by atoms with Crippen molar-refractivity contribution in [2.75, 3.05) is 20.6 Å². The first kappa shape index (κ1) is 14.1. The van der Waals surface area contributed by atoms with Gasteiger partial charge in [-0.2, -0.15) is 0 Å². The number of hydrogen-bond donors (Lipinski definition) is 2. The van der Waals surface area contributed by atoms with E-state index in [9.17, 15) is 8.42 Å². The zero-order valence-corrected chi connectivity index (χ0v) is 11.2. The molecule has 0 aliphatic heterocycles. The minimum Gasteiger partial charge on any atom is -0.313 e. The number of hydrazine groups is 1. The van der Waals surface area contributed by atoms with Gasteiger partial charge in [-0.05, 0) is 24.2 Å². The van der Waals surface area contributed by atoms with Crippen LogP contribution in [-0.4, -0.2) is 34.1 Å². The van der Waals surface area contributed by atoms with Crippen molar-refractivity contribution in [2.45, 2.75) is 18.4 Å². The van der Waals surface area contributed by atoms with Crippen LogP contribution in [0.15, 0.2) is 29.2 Å². The molecule has 96 valence electrons. The van der Waals surface area contributed by atoms with E-state index < -0.39 is 10.0 Å². The molecule has 0 aromatic heterocycles. The quantitative estimate of drug-likeness (QED) is 0.731. The summed E-state index contributed by atoms with van der Waals surface area (Å²) in [7, 11) is -0.169. The molecule has 0 heterocycles. The Morgan fingerprint density at radius 3 is 2.24 bits per heavy atom. The summed E-state index contributed by atoms with van der Waals surface area (Å²) in [6.45, 7) is 3.67. The van der Waals surface area contributed by atoms with Gasteiger partial charge in [-0.15, -0.1) is 4.83 Å². The normalized spacial score (nSPS) is 12.0. The lowest BCUT2D eigenvalue weighted by Crippen LogP contribution is -2.36. The Bertz CT molecular complexity index is 440. The van der Waals surface area contributed by atoms with E-state index in [2.05, 4.69) is 10.1 Å². The maximum atomic E-state index is 11.8. The zero-order valence-electron chi connectivity index (χ0n) is 10.4. The van der Waals surface area contributed by atoms with Gasteiger partial charge in [0.15, 0.2) is 0 Å². The summed E-state index contributed by atoms with van der Waals surface area (Å²) in [5.74, 6) is 0. The van der Waals surface area contributed by atoms with E-state index >= 15 is 0 Å². The van der Waals surface area contributed by atoms with Crippen molar-refractivity contribution >= 4 is 10.0 Å². The second-order valence-electron chi connectivity index (χ2n) is 3.91. The SMILES string of the molecule is CCNCc1ccc(S(=O)(=O)NN(C)C)cc1. The lowest BCUT2D eigenvalue weighted by Gasteiger charge is -2.12. The smallest absolute Gasteiger partial charge is 0.253 e. The molecule has 0 saturated heterocycles. The maximum absolute atomic E-state index is 11.8. The first-order valence-electron chi connectivity index (χ1n) is 5.45. The van der Waals surface area contributed by atoms with Crippen LogP contribution in [0.25, 0.3) is 0 Å². The first-order chi connectivity index (χ1) is 7.95. The van der Waals surface area contributed by atoms with Gasteiger partial charge < -0.3 is 5.32 Å². The molecular formula is C11H19N3O2S. The van der Waals surface area contributed by atoms with Crippen molar-refractivity contribution in [3.8, 4) is 0 Å². The highest BCUT2D eigenvalue weighted by atomic mass is 32.2. The van der Waals surface area contributed by atoms with Crippen LogP contribution in [-0.2, 0) is 16.6 Å². The number of nitrogens with zero attached hydrogens (tertiary/aromatic N) is 1. The van der Waals surface area contributed by atoms with Crippen molar-refractivity contribution in [1.29, 1.82) is 0 Å². The molecule has 17 heavy (non-hydrogen) atoms. The van der Waals surface area contributed by atoms with Crippen LogP contribution in [0.2, 0.25) is 0 Å². The fourth-order valence-corrected chi connectivity index (χ4v) is 2.43. The highest BCUT2D eigenvalue weighted by molar-refractivity contribution is 7.89. The molecule has 1 aromatic carbocycles. The van der Waals surface area contributed by atoms with E-state index in [1.165, 1.54) is 5.01 Å². The molecule has 2 N–H and O–H groups in total. The second-order valence-corrected chi connectivity index (χ2v) is 5.57. The number of benzene rings is 1. The van der Waals surface area contributed by atoms with Crippen molar-refractivity contribution < 1.29 is 8.42 Å². The molecule has 1 aromatic rings. The molecule has 0 radical (unpaired) electrons. The molecule has 0 bridgehead atoms. The van der Waals surface area contributed by atoms with Crippen molar-refractivity contribution in [2.24, 2.45) is 0 Å². The van der Waals surface area contributed by atoms with E-state index in [1.807, 2.05) is 19.1 Å². The molecule has 0 spiro atoms. The average Bonchev–Trinajstić information content (AvgIpc) is 2.25. The summed E-state index contributed by atoms with van der Waals surface area (Å²) < 4.78 is 23.6. The molecule has 0 aliphatic carbocycles. The second kappa shape index (κ2) is 6.11. The molecule has 1 rings (SSSR count). The average molecular weight is 257 g/mol. The highest BCUT2D eigenvalue weighted by Crippen LogP contribution is 2.10. The molecule has 0 unspecified atom stereocenters. The van der Waals surface area contributed by atoms with E-state index in [-0.39, 0.29) is 4.90 Å². The number of hydrogen-bond acceptors (Lipinski definition) is 4. The van der Waals surface area contributed by atoms with Crippen LogP contribution < -0.4 is 10.1 Å². The fourth-order valence-electron chi connectivity index (χ4n) is 1.35. The minimum absolute atomic E-state index is 0.270. The molecule has 0 fully saturated rings. The van der Waals surface area contributed by atoms with Gasteiger partial charge in [0.1, 0.15) is 0 Å². The van der Waals surface area contributed by atoms with Crippen molar-refractivity contribution in [1.82, 2.24) is 15.2 Å². The highest BCUT2D eigenvalue weighted by Gasteiger charge is 2.13. The Morgan fingerprint density at radius 1 is 1.18 bits per heavy atom. The summed E-state index contributed by atoms with van der Waals surface area (Å²) in [6, 6.07) is 6.84. The Morgan fingerprint density at radius 2 is 1.76 bits per heavy atom. The predicted molar refractivity (Wildman–Crippen MR) is 67.8 cm³/mol. The van der Waals surface area contributed by atoms with Crippen LogP contribution in [0.5, 0.6) is 0 Å². The Balaban J connectivity index is 2.80. The minimum atomic E-state index is -3.44. The van der Waals surface area contributed by atoms with Gasteiger partial charge in [-0.3, -0.25) is 0 Å². The van der Waals surface area contributed by atoms with Crippen LogP contribution in [0.3, 0.4) is 0 Å². The molecule has 0 aliphatic rings. The number of rotatable bonds is 6. The monoisotopic (exact) mass is 257 g/mol. The standard InChI is InChI=1S/C11H19N3O2S/c1-4-12-9-10-5-7-11(8-6-10)17(15,16)13-14(2)3/h5-8,12-13H,4,9H2,1-3H3. The summed E-state index contributed by atoms with van der Waals surface area (Å²) >= 11 is 0.